The Morgan fingerprint density at radius 1 is 1.37 bits per heavy atom. The number of aromatic nitrogens is 2. The third-order valence-electron chi connectivity index (χ3n) is 5.00. The van der Waals surface area contributed by atoms with Crippen LogP contribution >= 0.6 is 0 Å². The number of rotatable bonds is 3. The van der Waals surface area contributed by atoms with Crippen LogP contribution in [0.15, 0.2) is 0 Å². The molecule has 1 aromatic rings. The second-order valence-corrected chi connectivity index (χ2v) is 6.66. The summed E-state index contributed by atoms with van der Waals surface area (Å²) in [6.45, 7) is 11.4. The molecule has 3 nitrogen and oxygen atoms in total. The van der Waals surface area contributed by atoms with E-state index in [1.54, 1.807) is 0 Å². The van der Waals surface area contributed by atoms with Gasteiger partial charge in [0, 0.05) is 11.7 Å². The van der Waals surface area contributed by atoms with Gasteiger partial charge in [0.25, 0.3) is 0 Å². The molecule has 0 spiro atoms. The van der Waals surface area contributed by atoms with Crippen LogP contribution in [0.4, 0.5) is 0 Å². The Morgan fingerprint density at radius 3 is 2.58 bits per heavy atom. The lowest BCUT2D eigenvalue weighted by Crippen LogP contribution is -2.49. The molecule has 2 atom stereocenters. The van der Waals surface area contributed by atoms with Crippen molar-refractivity contribution >= 4 is 0 Å². The van der Waals surface area contributed by atoms with Crippen molar-refractivity contribution in [3.8, 4) is 0 Å². The summed E-state index contributed by atoms with van der Waals surface area (Å²) in [6.07, 6.45) is 4.92. The van der Waals surface area contributed by atoms with Gasteiger partial charge in [-0.3, -0.25) is 4.68 Å². The Kier molecular flexibility index (Phi) is 4.05. The van der Waals surface area contributed by atoms with Gasteiger partial charge in [-0.1, -0.05) is 27.2 Å². The van der Waals surface area contributed by atoms with Gasteiger partial charge in [-0.15, -0.1) is 0 Å². The highest BCUT2D eigenvalue weighted by Crippen LogP contribution is 2.41. The van der Waals surface area contributed by atoms with E-state index >= 15 is 0 Å². The summed E-state index contributed by atoms with van der Waals surface area (Å²) in [6, 6.07) is 0.997. The Balaban J connectivity index is 2.40. The molecule has 0 bridgehead atoms. The molecular formula is C16H29N3. The Labute approximate surface area is 117 Å². The molecule has 3 heteroatoms. The van der Waals surface area contributed by atoms with Crippen molar-refractivity contribution in [2.24, 2.45) is 5.41 Å². The van der Waals surface area contributed by atoms with Crippen LogP contribution < -0.4 is 5.32 Å². The van der Waals surface area contributed by atoms with E-state index in [1.807, 2.05) is 0 Å². The first-order chi connectivity index (χ1) is 8.92. The van der Waals surface area contributed by atoms with Gasteiger partial charge >= 0.3 is 0 Å². The molecule has 0 aliphatic heterocycles. The highest BCUT2D eigenvalue weighted by atomic mass is 15.3. The third-order valence-corrected chi connectivity index (χ3v) is 5.00. The lowest BCUT2D eigenvalue weighted by molar-refractivity contribution is 0.111. The predicted octanol–water partition coefficient (Wildman–Crippen LogP) is 3.40. The maximum absolute atomic E-state index is 4.85. The molecule has 1 aliphatic rings. The molecule has 108 valence electrons. The van der Waals surface area contributed by atoms with Crippen LogP contribution in [0.25, 0.3) is 0 Å². The zero-order valence-corrected chi connectivity index (χ0v) is 13.4. The van der Waals surface area contributed by atoms with E-state index in [-0.39, 0.29) is 0 Å². The van der Waals surface area contributed by atoms with Gasteiger partial charge in [0.15, 0.2) is 0 Å². The van der Waals surface area contributed by atoms with Gasteiger partial charge < -0.3 is 5.32 Å². The minimum Gasteiger partial charge on any atom is -0.314 e. The fraction of sp³-hybridized carbons (Fsp3) is 0.812. The second kappa shape index (κ2) is 5.28. The number of likely N-dealkylation sites (N-methyl/N-ethyl adjacent to an activating group) is 1. The van der Waals surface area contributed by atoms with Crippen LogP contribution in [0.5, 0.6) is 0 Å². The monoisotopic (exact) mass is 263 g/mol. The topological polar surface area (TPSA) is 29.9 Å². The van der Waals surface area contributed by atoms with Crippen molar-refractivity contribution in [3.63, 3.8) is 0 Å². The average molecular weight is 263 g/mol. The smallest absolute Gasteiger partial charge is 0.0680 e. The first-order valence-corrected chi connectivity index (χ1v) is 7.64. The first-order valence-electron chi connectivity index (χ1n) is 7.64. The van der Waals surface area contributed by atoms with Crippen molar-refractivity contribution in [2.45, 2.75) is 72.4 Å². The molecule has 1 aliphatic carbocycles. The largest absolute Gasteiger partial charge is 0.314 e. The van der Waals surface area contributed by atoms with Crippen LogP contribution in [0.3, 0.4) is 0 Å². The lowest BCUT2D eigenvalue weighted by atomic mass is 9.71. The Morgan fingerprint density at radius 2 is 2.05 bits per heavy atom. The molecule has 19 heavy (non-hydrogen) atoms. The molecular weight excluding hydrogens is 234 g/mol. The summed E-state index contributed by atoms with van der Waals surface area (Å²) in [4.78, 5) is 0. The summed E-state index contributed by atoms with van der Waals surface area (Å²) >= 11 is 0. The fourth-order valence-electron chi connectivity index (χ4n) is 3.99. The van der Waals surface area contributed by atoms with Crippen LogP contribution in [-0.2, 0) is 6.42 Å². The van der Waals surface area contributed by atoms with E-state index in [0.29, 0.717) is 17.5 Å². The molecule has 0 saturated heterocycles. The van der Waals surface area contributed by atoms with Crippen molar-refractivity contribution < 1.29 is 0 Å². The molecule has 0 amide bonds. The van der Waals surface area contributed by atoms with Crippen LogP contribution in [0.1, 0.15) is 63.0 Å². The normalized spacial score (nSPS) is 26.6. The summed E-state index contributed by atoms with van der Waals surface area (Å²) in [7, 11) is 2.09. The minimum atomic E-state index is 0.344. The third kappa shape index (κ3) is 2.45. The van der Waals surface area contributed by atoms with E-state index in [2.05, 4.69) is 51.7 Å². The molecule has 0 radical (unpaired) electrons. The molecule has 1 N–H and O–H groups in total. The zero-order valence-electron chi connectivity index (χ0n) is 13.4. The van der Waals surface area contributed by atoms with E-state index in [0.717, 1.165) is 6.42 Å². The average Bonchev–Trinajstić information content (AvgIpc) is 2.62. The van der Waals surface area contributed by atoms with Crippen molar-refractivity contribution in [1.82, 2.24) is 15.1 Å². The molecule has 2 unspecified atom stereocenters. The summed E-state index contributed by atoms with van der Waals surface area (Å²) in [5.41, 5.74) is 4.34. The van der Waals surface area contributed by atoms with Gasteiger partial charge in [0.05, 0.1) is 11.7 Å². The Hall–Kier alpha value is -0.830. The van der Waals surface area contributed by atoms with Gasteiger partial charge in [-0.2, -0.15) is 5.10 Å². The molecule has 2 rings (SSSR count). The van der Waals surface area contributed by atoms with E-state index < -0.39 is 0 Å². The molecule has 1 saturated carbocycles. The number of hydrogen-bond donors (Lipinski definition) is 1. The Bertz CT molecular complexity index is 445. The highest BCUT2D eigenvalue weighted by molar-refractivity contribution is 5.25. The fourth-order valence-corrected chi connectivity index (χ4v) is 3.99. The van der Waals surface area contributed by atoms with Gasteiger partial charge in [-0.05, 0) is 51.1 Å². The maximum atomic E-state index is 4.85. The van der Waals surface area contributed by atoms with E-state index in [1.165, 1.54) is 36.2 Å². The molecule has 0 aromatic carbocycles. The minimum absolute atomic E-state index is 0.344. The second-order valence-electron chi connectivity index (χ2n) is 6.66. The summed E-state index contributed by atoms with van der Waals surface area (Å²) < 4.78 is 2.30. The van der Waals surface area contributed by atoms with Gasteiger partial charge in [0.1, 0.15) is 0 Å². The quantitative estimate of drug-likeness (QED) is 0.906. The number of nitrogens with one attached hydrogen (secondary N) is 1. The van der Waals surface area contributed by atoms with E-state index in [4.69, 9.17) is 5.10 Å². The molecule has 1 heterocycles. The zero-order chi connectivity index (χ0) is 14.2. The molecule has 1 aromatic heterocycles. The first kappa shape index (κ1) is 14.6. The SMILES string of the molecule is CCc1c(C)nn(C2CCCC(C)(C)C2NC)c1C. The number of nitrogens with zero attached hydrogens (tertiary/aromatic N) is 2. The maximum Gasteiger partial charge on any atom is 0.0680 e. The van der Waals surface area contributed by atoms with Crippen molar-refractivity contribution in [3.05, 3.63) is 17.0 Å². The summed E-state index contributed by atoms with van der Waals surface area (Å²) in [5.74, 6) is 0. The van der Waals surface area contributed by atoms with Gasteiger partial charge in [-0.25, -0.2) is 0 Å². The van der Waals surface area contributed by atoms with Crippen LogP contribution in [-0.4, -0.2) is 22.9 Å². The summed E-state index contributed by atoms with van der Waals surface area (Å²) in [5, 5.41) is 8.40. The van der Waals surface area contributed by atoms with Crippen molar-refractivity contribution in [1.29, 1.82) is 0 Å². The van der Waals surface area contributed by atoms with E-state index in [9.17, 15) is 0 Å². The van der Waals surface area contributed by atoms with Gasteiger partial charge in [0.2, 0.25) is 0 Å². The lowest BCUT2D eigenvalue weighted by Gasteiger charge is -2.44. The predicted molar refractivity (Wildman–Crippen MR) is 80.6 cm³/mol. The van der Waals surface area contributed by atoms with Crippen molar-refractivity contribution in [2.75, 3.05) is 7.05 Å². The van der Waals surface area contributed by atoms with Crippen LogP contribution in [0, 0.1) is 19.3 Å². The highest BCUT2D eigenvalue weighted by Gasteiger charge is 2.39. The molecule has 1 fully saturated rings. The standard InChI is InChI=1S/C16H29N3/c1-7-13-11(2)18-19(12(13)3)14-9-8-10-16(4,5)15(14)17-6/h14-15,17H,7-10H2,1-6H3. The number of hydrogen-bond acceptors (Lipinski definition) is 2. The van der Waals surface area contributed by atoms with Crippen LogP contribution in [0.2, 0.25) is 0 Å². The number of aryl methyl sites for hydroxylation is 1.